The molecule has 19 heavy (non-hydrogen) atoms. The number of nitrogens with zero attached hydrogens (tertiary/aromatic N) is 2. The van der Waals surface area contributed by atoms with Crippen molar-refractivity contribution in [3.8, 4) is 0 Å². The highest BCUT2D eigenvalue weighted by atomic mass is 19.1. The standard InChI is InChI=1S/C13H16F2N2O2/c14-11-5-10(6-12(15)7-11)8-16-1-3-17(4-2-16)9-13(18)19/h5-7H,1-4,8-9H2,(H,18,19). The van der Waals surface area contributed by atoms with Gasteiger partial charge in [-0.1, -0.05) is 0 Å². The fourth-order valence-electron chi connectivity index (χ4n) is 2.26. The Morgan fingerprint density at radius 1 is 1.05 bits per heavy atom. The van der Waals surface area contributed by atoms with E-state index in [1.54, 1.807) is 0 Å². The third-order valence-electron chi connectivity index (χ3n) is 3.15. The number of piperazine rings is 1. The van der Waals surface area contributed by atoms with E-state index in [1.165, 1.54) is 12.1 Å². The second kappa shape index (κ2) is 6.08. The highest BCUT2D eigenvalue weighted by Crippen LogP contribution is 2.12. The lowest BCUT2D eigenvalue weighted by atomic mass is 10.2. The largest absolute Gasteiger partial charge is 0.480 e. The minimum atomic E-state index is -0.833. The molecule has 0 spiro atoms. The van der Waals surface area contributed by atoms with Crippen LogP contribution in [-0.4, -0.2) is 53.6 Å². The summed E-state index contributed by atoms with van der Waals surface area (Å²) in [4.78, 5) is 14.5. The van der Waals surface area contributed by atoms with Crippen molar-refractivity contribution in [3.05, 3.63) is 35.4 Å². The second-order valence-corrected chi connectivity index (χ2v) is 4.72. The summed E-state index contributed by atoms with van der Waals surface area (Å²) < 4.78 is 26.1. The average molecular weight is 270 g/mol. The second-order valence-electron chi connectivity index (χ2n) is 4.72. The summed E-state index contributed by atoms with van der Waals surface area (Å²) in [5, 5.41) is 8.69. The molecule has 4 nitrogen and oxygen atoms in total. The van der Waals surface area contributed by atoms with E-state index in [2.05, 4.69) is 4.90 Å². The fourth-order valence-corrected chi connectivity index (χ4v) is 2.26. The first-order valence-electron chi connectivity index (χ1n) is 6.14. The third-order valence-corrected chi connectivity index (χ3v) is 3.15. The van der Waals surface area contributed by atoms with Crippen molar-refractivity contribution < 1.29 is 18.7 Å². The van der Waals surface area contributed by atoms with Gasteiger partial charge in [0.1, 0.15) is 11.6 Å². The van der Waals surface area contributed by atoms with Crippen LogP contribution in [0.2, 0.25) is 0 Å². The van der Waals surface area contributed by atoms with Crippen LogP contribution in [0.1, 0.15) is 5.56 Å². The molecule has 0 unspecified atom stereocenters. The third kappa shape index (κ3) is 4.25. The number of benzene rings is 1. The van der Waals surface area contributed by atoms with Gasteiger partial charge >= 0.3 is 5.97 Å². The SMILES string of the molecule is O=C(O)CN1CCN(Cc2cc(F)cc(F)c2)CC1. The Morgan fingerprint density at radius 2 is 1.58 bits per heavy atom. The fraction of sp³-hybridized carbons (Fsp3) is 0.462. The number of rotatable bonds is 4. The molecule has 1 saturated heterocycles. The van der Waals surface area contributed by atoms with Crippen LogP contribution in [0, 0.1) is 11.6 Å². The molecule has 0 aliphatic carbocycles. The van der Waals surface area contributed by atoms with E-state index in [0.717, 1.165) is 6.07 Å². The molecule has 1 aliphatic heterocycles. The quantitative estimate of drug-likeness (QED) is 0.892. The van der Waals surface area contributed by atoms with Crippen molar-refractivity contribution in [1.82, 2.24) is 9.80 Å². The first-order chi connectivity index (χ1) is 9.02. The van der Waals surface area contributed by atoms with Crippen molar-refractivity contribution in [2.45, 2.75) is 6.54 Å². The van der Waals surface area contributed by atoms with Crippen LogP contribution in [0.25, 0.3) is 0 Å². The van der Waals surface area contributed by atoms with Crippen molar-refractivity contribution >= 4 is 5.97 Å². The predicted molar refractivity (Wildman–Crippen MR) is 65.7 cm³/mol. The molecule has 1 N–H and O–H groups in total. The van der Waals surface area contributed by atoms with Crippen LogP contribution in [0.4, 0.5) is 8.78 Å². The molecule has 0 radical (unpaired) electrons. The van der Waals surface area contributed by atoms with Gasteiger partial charge in [-0.3, -0.25) is 14.6 Å². The van der Waals surface area contributed by atoms with Crippen LogP contribution in [0.3, 0.4) is 0 Å². The number of aliphatic carboxylic acids is 1. The Labute approximate surface area is 110 Å². The number of carbonyl (C=O) groups is 1. The first-order valence-corrected chi connectivity index (χ1v) is 6.14. The van der Waals surface area contributed by atoms with Crippen LogP contribution in [0.15, 0.2) is 18.2 Å². The maximum atomic E-state index is 13.1. The van der Waals surface area contributed by atoms with E-state index >= 15 is 0 Å². The molecule has 1 heterocycles. The normalized spacial score (nSPS) is 17.6. The minimum Gasteiger partial charge on any atom is -0.480 e. The van der Waals surface area contributed by atoms with Crippen LogP contribution in [0.5, 0.6) is 0 Å². The van der Waals surface area contributed by atoms with Gasteiger partial charge in [0.05, 0.1) is 6.54 Å². The van der Waals surface area contributed by atoms with E-state index in [0.29, 0.717) is 38.3 Å². The van der Waals surface area contributed by atoms with E-state index < -0.39 is 17.6 Å². The smallest absolute Gasteiger partial charge is 0.317 e. The Hall–Kier alpha value is -1.53. The Balaban J connectivity index is 1.86. The average Bonchev–Trinajstić information content (AvgIpc) is 2.29. The summed E-state index contributed by atoms with van der Waals surface area (Å²) in [6.45, 7) is 3.24. The van der Waals surface area contributed by atoms with E-state index in [-0.39, 0.29) is 6.54 Å². The highest BCUT2D eigenvalue weighted by molar-refractivity contribution is 5.69. The zero-order chi connectivity index (χ0) is 13.8. The Bertz CT molecular complexity index is 440. The van der Waals surface area contributed by atoms with Gasteiger partial charge in [-0.25, -0.2) is 8.78 Å². The summed E-state index contributed by atoms with van der Waals surface area (Å²) in [7, 11) is 0. The van der Waals surface area contributed by atoms with Crippen LogP contribution >= 0.6 is 0 Å². The highest BCUT2D eigenvalue weighted by Gasteiger charge is 2.18. The molecule has 0 atom stereocenters. The van der Waals surface area contributed by atoms with Crippen molar-refractivity contribution in [3.63, 3.8) is 0 Å². The summed E-state index contributed by atoms with van der Waals surface area (Å²) in [5.41, 5.74) is 0.601. The molecule has 0 bridgehead atoms. The number of hydrogen-bond acceptors (Lipinski definition) is 3. The van der Waals surface area contributed by atoms with Crippen molar-refractivity contribution in [1.29, 1.82) is 0 Å². The zero-order valence-corrected chi connectivity index (χ0v) is 10.5. The van der Waals surface area contributed by atoms with Gasteiger partial charge in [0.2, 0.25) is 0 Å². The molecule has 1 aromatic carbocycles. The summed E-state index contributed by atoms with van der Waals surface area (Å²) >= 11 is 0. The molecular weight excluding hydrogens is 254 g/mol. The number of carboxylic acids is 1. The summed E-state index contributed by atoms with van der Waals surface area (Å²) in [5.74, 6) is -1.97. The maximum Gasteiger partial charge on any atom is 0.317 e. The number of hydrogen-bond donors (Lipinski definition) is 1. The lowest BCUT2D eigenvalue weighted by molar-refractivity contribution is -0.138. The summed E-state index contributed by atoms with van der Waals surface area (Å²) in [6.07, 6.45) is 0. The van der Waals surface area contributed by atoms with E-state index in [9.17, 15) is 13.6 Å². The molecule has 1 aliphatic rings. The molecule has 0 amide bonds. The molecular formula is C13H16F2N2O2. The van der Waals surface area contributed by atoms with Gasteiger partial charge in [0.25, 0.3) is 0 Å². The maximum absolute atomic E-state index is 13.1. The first kappa shape index (κ1) is 13.9. The van der Waals surface area contributed by atoms with E-state index in [1.807, 2.05) is 4.90 Å². The van der Waals surface area contributed by atoms with Crippen molar-refractivity contribution in [2.75, 3.05) is 32.7 Å². The predicted octanol–water partition coefficient (Wildman–Crippen LogP) is 1.17. The van der Waals surface area contributed by atoms with Gasteiger partial charge < -0.3 is 5.11 Å². The number of carboxylic acid groups (broad SMARTS) is 1. The van der Waals surface area contributed by atoms with Gasteiger partial charge in [-0.15, -0.1) is 0 Å². The van der Waals surface area contributed by atoms with Gasteiger partial charge in [0, 0.05) is 38.8 Å². The topological polar surface area (TPSA) is 43.8 Å². The van der Waals surface area contributed by atoms with Gasteiger partial charge in [-0.2, -0.15) is 0 Å². The molecule has 2 rings (SSSR count). The van der Waals surface area contributed by atoms with Crippen LogP contribution < -0.4 is 0 Å². The molecule has 1 aromatic rings. The lowest BCUT2D eigenvalue weighted by Crippen LogP contribution is -2.47. The molecule has 0 aromatic heterocycles. The molecule has 6 heteroatoms. The molecule has 0 saturated carbocycles. The Kier molecular flexibility index (Phi) is 4.44. The van der Waals surface area contributed by atoms with E-state index in [4.69, 9.17) is 5.11 Å². The number of halogens is 2. The zero-order valence-electron chi connectivity index (χ0n) is 10.5. The summed E-state index contributed by atoms with van der Waals surface area (Å²) in [6, 6.07) is 3.51. The monoisotopic (exact) mass is 270 g/mol. The van der Waals surface area contributed by atoms with Crippen molar-refractivity contribution in [2.24, 2.45) is 0 Å². The Morgan fingerprint density at radius 3 is 2.11 bits per heavy atom. The molecule has 1 fully saturated rings. The minimum absolute atomic E-state index is 0.0441. The molecule has 104 valence electrons. The van der Waals surface area contributed by atoms with Gasteiger partial charge in [0.15, 0.2) is 0 Å². The lowest BCUT2D eigenvalue weighted by Gasteiger charge is -2.33. The van der Waals surface area contributed by atoms with Crippen LogP contribution in [-0.2, 0) is 11.3 Å². The van der Waals surface area contributed by atoms with Gasteiger partial charge in [-0.05, 0) is 17.7 Å².